The summed E-state index contributed by atoms with van der Waals surface area (Å²) in [7, 11) is 0. The zero-order valence-corrected chi connectivity index (χ0v) is 10.9. The summed E-state index contributed by atoms with van der Waals surface area (Å²) in [4.78, 5) is 1.66. The van der Waals surface area contributed by atoms with Crippen molar-refractivity contribution >= 4 is 6.34 Å². The van der Waals surface area contributed by atoms with Crippen LogP contribution in [0.1, 0.15) is 53.4 Å². The van der Waals surface area contributed by atoms with E-state index >= 15 is 0 Å². The van der Waals surface area contributed by atoms with Crippen LogP contribution in [0.25, 0.3) is 0 Å². The van der Waals surface area contributed by atoms with Crippen molar-refractivity contribution in [1.29, 1.82) is 0 Å². The predicted molar refractivity (Wildman–Crippen MR) is 65.8 cm³/mol. The van der Waals surface area contributed by atoms with Gasteiger partial charge in [0.15, 0.2) is 0 Å². The highest BCUT2D eigenvalue weighted by molar-refractivity contribution is 5.57. The Labute approximate surface area is 98.3 Å². The Morgan fingerprint density at radius 3 is 2.44 bits per heavy atom. The molecule has 4 heteroatoms. The Bertz CT molecular complexity index is 235. The average Bonchev–Trinajstić information content (AvgIpc) is 2.54. The number of hydrogen-bond acceptors (Lipinski definition) is 3. The Kier molecular flexibility index (Phi) is 4.56. The van der Waals surface area contributed by atoms with Crippen molar-refractivity contribution in [2.24, 2.45) is 5.10 Å². The van der Waals surface area contributed by atoms with Crippen LogP contribution in [0, 0.1) is 0 Å². The van der Waals surface area contributed by atoms with Gasteiger partial charge in [-0.05, 0) is 27.2 Å². The minimum atomic E-state index is -1.10. The van der Waals surface area contributed by atoms with Crippen molar-refractivity contribution in [1.82, 2.24) is 9.91 Å². The highest BCUT2D eigenvalue weighted by Crippen LogP contribution is 2.23. The summed E-state index contributed by atoms with van der Waals surface area (Å²) in [6, 6.07) is 0. The van der Waals surface area contributed by atoms with Gasteiger partial charge in [-0.25, -0.2) is 5.01 Å². The standard InChI is InChI=1S/C12H24FN3/c1-5-6-7-8-9-16-11(13)15(10-14-16)12(2,3)4/h10-11H,5-9H2,1-4H3. The largest absolute Gasteiger partial charge is 0.308 e. The maximum absolute atomic E-state index is 14.0. The van der Waals surface area contributed by atoms with E-state index < -0.39 is 6.42 Å². The number of hydrogen-bond donors (Lipinski definition) is 0. The topological polar surface area (TPSA) is 18.8 Å². The van der Waals surface area contributed by atoms with Crippen molar-refractivity contribution in [3.63, 3.8) is 0 Å². The lowest BCUT2D eigenvalue weighted by molar-refractivity contribution is -0.0225. The second-order valence-electron chi connectivity index (χ2n) is 5.34. The van der Waals surface area contributed by atoms with Crippen LogP contribution in [0.3, 0.4) is 0 Å². The maximum Gasteiger partial charge on any atom is 0.265 e. The average molecular weight is 229 g/mol. The van der Waals surface area contributed by atoms with Crippen molar-refractivity contribution in [3.8, 4) is 0 Å². The molecule has 1 heterocycles. The molecule has 1 unspecified atom stereocenters. The number of halogens is 1. The van der Waals surface area contributed by atoms with Gasteiger partial charge in [-0.1, -0.05) is 26.2 Å². The molecule has 0 radical (unpaired) electrons. The molecule has 1 atom stereocenters. The van der Waals surface area contributed by atoms with Crippen LogP contribution < -0.4 is 0 Å². The van der Waals surface area contributed by atoms with Gasteiger partial charge in [0.1, 0.15) is 6.34 Å². The zero-order valence-electron chi connectivity index (χ0n) is 10.9. The molecule has 0 saturated heterocycles. The number of unbranched alkanes of at least 4 members (excludes halogenated alkanes) is 3. The highest BCUT2D eigenvalue weighted by atomic mass is 19.1. The first-order valence-electron chi connectivity index (χ1n) is 6.20. The monoisotopic (exact) mass is 229 g/mol. The Balaban J connectivity index is 2.34. The van der Waals surface area contributed by atoms with Crippen molar-refractivity contribution < 1.29 is 4.39 Å². The third-order valence-electron chi connectivity index (χ3n) is 2.82. The molecule has 0 fully saturated rings. The molecule has 0 aliphatic carbocycles. The third-order valence-corrected chi connectivity index (χ3v) is 2.82. The van der Waals surface area contributed by atoms with Crippen molar-refractivity contribution in [2.45, 2.75) is 65.3 Å². The maximum atomic E-state index is 14.0. The lowest BCUT2D eigenvalue weighted by Crippen LogP contribution is -2.47. The zero-order chi connectivity index (χ0) is 12.2. The first-order chi connectivity index (χ1) is 7.46. The van der Waals surface area contributed by atoms with Crippen molar-refractivity contribution in [3.05, 3.63) is 0 Å². The van der Waals surface area contributed by atoms with E-state index in [4.69, 9.17) is 0 Å². The van der Waals surface area contributed by atoms with Gasteiger partial charge in [0.2, 0.25) is 0 Å². The summed E-state index contributed by atoms with van der Waals surface area (Å²) in [6.45, 7) is 8.86. The van der Waals surface area contributed by atoms with Gasteiger partial charge < -0.3 is 4.90 Å². The summed E-state index contributed by atoms with van der Waals surface area (Å²) in [5, 5.41) is 5.66. The van der Waals surface area contributed by atoms with Crippen LogP contribution in [-0.2, 0) is 0 Å². The van der Waals surface area contributed by atoms with E-state index in [2.05, 4.69) is 12.0 Å². The molecule has 3 nitrogen and oxygen atoms in total. The number of hydrazone groups is 1. The van der Waals surface area contributed by atoms with Crippen LogP contribution >= 0.6 is 0 Å². The third kappa shape index (κ3) is 3.35. The summed E-state index contributed by atoms with van der Waals surface area (Å²) in [5.74, 6) is 0. The molecule has 1 aliphatic rings. The molecule has 0 saturated carbocycles. The van der Waals surface area contributed by atoms with Crippen LogP contribution in [0.2, 0.25) is 0 Å². The Morgan fingerprint density at radius 2 is 1.94 bits per heavy atom. The number of rotatable bonds is 5. The number of nitrogens with zero attached hydrogens (tertiary/aromatic N) is 3. The SMILES string of the molecule is CCCCCCN1N=CN(C(C)(C)C)C1F. The normalized spacial score (nSPS) is 20.9. The Morgan fingerprint density at radius 1 is 1.25 bits per heavy atom. The molecule has 0 N–H and O–H groups in total. The fraction of sp³-hybridized carbons (Fsp3) is 0.917. The smallest absolute Gasteiger partial charge is 0.265 e. The first kappa shape index (κ1) is 13.3. The molecular formula is C12H24FN3. The van der Waals surface area contributed by atoms with E-state index in [9.17, 15) is 4.39 Å². The van der Waals surface area contributed by atoms with Gasteiger partial charge in [-0.3, -0.25) is 0 Å². The van der Waals surface area contributed by atoms with Gasteiger partial charge in [0.05, 0.1) is 0 Å². The molecule has 16 heavy (non-hydrogen) atoms. The molecule has 94 valence electrons. The Hall–Kier alpha value is -0.800. The number of alkyl halides is 1. The molecule has 0 spiro atoms. The fourth-order valence-electron chi connectivity index (χ4n) is 1.73. The van der Waals surface area contributed by atoms with E-state index in [0.29, 0.717) is 6.54 Å². The van der Waals surface area contributed by atoms with Crippen LogP contribution in [0.15, 0.2) is 5.10 Å². The molecule has 1 aliphatic heterocycles. The van der Waals surface area contributed by atoms with Crippen molar-refractivity contribution in [2.75, 3.05) is 6.54 Å². The van der Waals surface area contributed by atoms with Gasteiger partial charge in [-0.15, -0.1) is 0 Å². The molecule has 0 amide bonds. The molecule has 0 aromatic carbocycles. The van der Waals surface area contributed by atoms with Gasteiger partial charge in [0.25, 0.3) is 6.42 Å². The minimum absolute atomic E-state index is 0.207. The van der Waals surface area contributed by atoms with E-state index in [0.717, 1.165) is 12.8 Å². The second kappa shape index (κ2) is 5.51. The molecule has 0 bridgehead atoms. The minimum Gasteiger partial charge on any atom is -0.308 e. The highest BCUT2D eigenvalue weighted by Gasteiger charge is 2.34. The molecular weight excluding hydrogens is 205 g/mol. The summed E-state index contributed by atoms with van der Waals surface area (Å²) >= 11 is 0. The van der Waals surface area contributed by atoms with Crippen LogP contribution in [0.5, 0.6) is 0 Å². The van der Waals surface area contributed by atoms with Gasteiger partial charge >= 0.3 is 0 Å². The van der Waals surface area contributed by atoms with Gasteiger partial charge in [0, 0.05) is 12.1 Å². The van der Waals surface area contributed by atoms with E-state index in [1.54, 1.807) is 16.2 Å². The molecule has 0 aromatic rings. The quantitative estimate of drug-likeness (QED) is 0.532. The summed E-state index contributed by atoms with van der Waals surface area (Å²) in [5.41, 5.74) is -0.207. The second-order valence-corrected chi connectivity index (χ2v) is 5.34. The summed E-state index contributed by atoms with van der Waals surface area (Å²) < 4.78 is 14.0. The van der Waals surface area contributed by atoms with Crippen LogP contribution in [0.4, 0.5) is 4.39 Å². The van der Waals surface area contributed by atoms with Gasteiger partial charge in [-0.2, -0.15) is 9.49 Å². The lowest BCUT2D eigenvalue weighted by Gasteiger charge is -2.34. The fourth-order valence-corrected chi connectivity index (χ4v) is 1.73. The van der Waals surface area contributed by atoms with Crippen LogP contribution in [-0.4, -0.2) is 34.8 Å². The molecule has 0 aromatic heterocycles. The van der Waals surface area contributed by atoms with E-state index in [-0.39, 0.29) is 5.54 Å². The predicted octanol–water partition coefficient (Wildman–Crippen LogP) is 3.18. The first-order valence-corrected chi connectivity index (χ1v) is 6.20. The summed E-state index contributed by atoms with van der Waals surface area (Å²) in [6.07, 6.45) is 5.12. The van der Waals surface area contributed by atoms with E-state index in [1.165, 1.54) is 12.8 Å². The molecule has 1 rings (SSSR count). The van der Waals surface area contributed by atoms with E-state index in [1.807, 2.05) is 20.8 Å². The lowest BCUT2D eigenvalue weighted by atomic mass is 10.1.